The number of para-hydroxylation sites is 1. The quantitative estimate of drug-likeness (QED) is 0.589. The molecule has 2 aromatic carbocycles. The summed E-state index contributed by atoms with van der Waals surface area (Å²) in [6.07, 6.45) is 0. The van der Waals surface area contributed by atoms with E-state index in [1.165, 1.54) is 0 Å². The number of nitrogens with one attached hydrogen (secondary N) is 1. The number of piperazine rings is 1. The monoisotopic (exact) mass is 449 g/mol. The number of amides is 2. The molecule has 1 N–H and O–H groups in total. The number of aryl methyl sites for hydroxylation is 1. The van der Waals surface area contributed by atoms with Crippen molar-refractivity contribution in [3.63, 3.8) is 0 Å². The van der Waals surface area contributed by atoms with Crippen molar-refractivity contribution in [1.29, 1.82) is 0 Å². The van der Waals surface area contributed by atoms with Gasteiger partial charge < -0.3 is 15.0 Å². The van der Waals surface area contributed by atoms with Crippen LogP contribution in [-0.4, -0.2) is 64.7 Å². The summed E-state index contributed by atoms with van der Waals surface area (Å²) in [6.45, 7) is 3.97. The zero-order valence-electron chi connectivity index (χ0n) is 18.7. The molecule has 1 aliphatic rings. The molecule has 0 radical (unpaired) electrons. The highest BCUT2D eigenvalue weighted by atomic mass is 16.6. The summed E-state index contributed by atoms with van der Waals surface area (Å²) in [5.41, 5.74) is 2.79. The van der Waals surface area contributed by atoms with Gasteiger partial charge in [0.05, 0.1) is 5.56 Å². The maximum atomic E-state index is 13.4. The van der Waals surface area contributed by atoms with Gasteiger partial charge in [0.2, 0.25) is 5.91 Å². The molecule has 172 valence electrons. The van der Waals surface area contributed by atoms with Gasteiger partial charge >= 0.3 is 0 Å². The van der Waals surface area contributed by atoms with Crippen LogP contribution in [-0.2, 0) is 17.9 Å². The van der Waals surface area contributed by atoms with E-state index in [1.54, 1.807) is 37.1 Å². The minimum Gasteiger partial charge on any atom is -0.486 e. The van der Waals surface area contributed by atoms with E-state index in [9.17, 15) is 9.59 Å². The molecule has 1 fully saturated rings. The van der Waals surface area contributed by atoms with Gasteiger partial charge in [0.1, 0.15) is 29.8 Å². The fraction of sp³-hybridized carbons (Fsp3) is 0.333. The first-order valence-electron chi connectivity index (χ1n) is 10.9. The molecule has 0 saturated carbocycles. The first-order chi connectivity index (χ1) is 16.1. The second-order valence-corrected chi connectivity index (χ2v) is 7.92. The van der Waals surface area contributed by atoms with Crippen LogP contribution in [0.5, 0.6) is 5.75 Å². The average molecular weight is 450 g/mol. The molecule has 2 amide bonds. The van der Waals surface area contributed by atoms with Crippen LogP contribution >= 0.6 is 0 Å². The summed E-state index contributed by atoms with van der Waals surface area (Å²) in [4.78, 5) is 29.9. The molecule has 3 aromatic rings. The summed E-state index contributed by atoms with van der Waals surface area (Å²) >= 11 is 0. The lowest BCUT2D eigenvalue weighted by atomic mass is 10.1. The minimum atomic E-state index is -0.440. The lowest BCUT2D eigenvalue weighted by Gasteiger charge is -2.40. The van der Waals surface area contributed by atoms with E-state index in [2.05, 4.69) is 20.5 Å². The van der Waals surface area contributed by atoms with Crippen LogP contribution in [0, 0.1) is 6.92 Å². The van der Waals surface area contributed by atoms with Crippen molar-refractivity contribution in [2.45, 2.75) is 26.1 Å². The van der Waals surface area contributed by atoms with Gasteiger partial charge in [-0.2, -0.15) is 0 Å². The van der Waals surface area contributed by atoms with Crippen LogP contribution in [0.15, 0.2) is 59.2 Å². The maximum Gasteiger partial charge on any atom is 0.257 e. The minimum absolute atomic E-state index is 0.109. The molecule has 9 heteroatoms. The number of likely N-dealkylation sites (N-methyl/N-ethyl adjacent to an activating group) is 1. The molecule has 0 spiro atoms. The van der Waals surface area contributed by atoms with Crippen LogP contribution in [0.25, 0.3) is 0 Å². The third-order valence-electron chi connectivity index (χ3n) is 5.78. The van der Waals surface area contributed by atoms with Crippen LogP contribution in [0.4, 0.5) is 0 Å². The highest BCUT2D eigenvalue weighted by Gasteiger charge is 2.34. The number of carbonyl (C=O) groups excluding carboxylic acids is 2. The molecular weight excluding hydrogens is 422 g/mol. The Labute approximate surface area is 192 Å². The Morgan fingerprint density at radius 3 is 2.58 bits per heavy atom. The fourth-order valence-corrected chi connectivity index (χ4v) is 3.89. The standard InChI is InChI=1S/C24H27N5O4/c1-17-20(27-33-26-17)16-32-22-11-7-6-10-19(22)24(31)29-13-12-28(21(15-29)23(30)25-2)14-18-8-4-3-5-9-18/h3-11,21H,12-16H2,1-2H3,(H,25,30)/t21-/m1/s1. The lowest BCUT2D eigenvalue weighted by Crippen LogP contribution is -2.59. The number of benzene rings is 2. The van der Waals surface area contributed by atoms with Gasteiger partial charge in [0.15, 0.2) is 0 Å². The molecule has 2 heterocycles. The van der Waals surface area contributed by atoms with Crippen molar-refractivity contribution in [3.05, 3.63) is 77.1 Å². The van der Waals surface area contributed by atoms with Gasteiger partial charge in [0.25, 0.3) is 5.91 Å². The molecule has 9 nitrogen and oxygen atoms in total. The predicted octanol–water partition coefficient (Wildman–Crippen LogP) is 2.03. The van der Waals surface area contributed by atoms with Crippen molar-refractivity contribution >= 4 is 11.8 Å². The number of aromatic nitrogens is 2. The van der Waals surface area contributed by atoms with E-state index >= 15 is 0 Å². The largest absolute Gasteiger partial charge is 0.486 e. The zero-order valence-corrected chi connectivity index (χ0v) is 18.7. The Morgan fingerprint density at radius 2 is 1.85 bits per heavy atom. The highest BCUT2D eigenvalue weighted by molar-refractivity contribution is 5.97. The zero-order chi connectivity index (χ0) is 23.2. The second-order valence-electron chi connectivity index (χ2n) is 7.92. The van der Waals surface area contributed by atoms with Crippen molar-refractivity contribution in [2.75, 3.05) is 26.7 Å². The smallest absolute Gasteiger partial charge is 0.257 e. The van der Waals surface area contributed by atoms with Gasteiger partial charge in [0, 0.05) is 33.2 Å². The first-order valence-corrected chi connectivity index (χ1v) is 10.9. The molecular formula is C24H27N5O4. The van der Waals surface area contributed by atoms with E-state index < -0.39 is 6.04 Å². The van der Waals surface area contributed by atoms with Crippen molar-refractivity contribution in [1.82, 2.24) is 25.4 Å². The summed E-state index contributed by atoms with van der Waals surface area (Å²) < 4.78 is 10.6. The number of rotatable bonds is 7. The van der Waals surface area contributed by atoms with Gasteiger partial charge in [-0.05, 0) is 24.6 Å². The van der Waals surface area contributed by atoms with E-state index in [0.29, 0.717) is 48.9 Å². The highest BCUT2D eigenvalue weighted by Crippen LogP contribution is 2.23. The van der Waals surface area contributed by atoms with Crippen LogP contribution in [0.1, 0.15) is 27.3 Å². The third kappa shape index (κ3) is 5.20. The molecule has 1 aromatic heterocycles. The van der Waals surface area contributed by atoms with Gasteiger partial charge in [-0.25, -0.2) is 4.63 Å². The maximum absolute atomic E-state index is 13.4. The summed E-state index contributed by atoms with van der Waals surface area (Å²) in [5.74, 6) is 0.170. The second kappa shape index (κ2) is 10.3. The number of nitrogens with zero attached hydrogens (tertiary/aromatic N) is 4. The molecule has 33 heavy (non-hydrogen) atoms. The topological polar surface area (TPSA) is 101 Å². The van der Waals surface area contributed by atoms with Gasteiger partial charge in [-0.1, -0.05) is 52.8 Å². The van der Waals surface area contributed by atoms with Crippen molar-refractivity contribution < 1.29 is 19.0 Å². The SMILES string of the molecule is CNC(=O)[C@H]1CN(C(=O)c2ccccc2OCc2nonc2C)CCN1Cc1ccccc1. The summed E-state index contributed by atoms with van der Waals surface area (Å²) in [5, 5.41) is 10.3. The number of hydrogen-bond acceptors (Lipinski definition) is 7. The Kier molecular flexibility index (Phi) is 6.99. The normalized spacial score (nSPS) is 16.4. The van der Waals surface area contributed by atoms with Gasteiger partial charge in [-0.15, -0.1) is 0 Å². The molecule has 4 rings (SSSR count). The Morgan fingerprint density at radius 1 is 1.09 bits per heavy atom. The number of ether oxygens (including phenoxy) is 1. The van der Waals surface area contributed by atoms with Crippen molar-refractivity contribution in [2.24, 2.45) is 0 Å². The number of hydrogen-bond donors (Lipinski definition) is 1. The molecule has 0 unspecified atom stereocenters. The Hall–Kier alpha value is -3.72. The molecule has 0 aliphatic carbocycles. The van der Waals surface area contributed by atoms with Gasteiger partial charge in [-0.3, -0.25) is 14.5 Å². The average Bonchev–Trinajstić information content (AvgIpc) is 3.27. The lowest BCUT2D eigenvalue weighted by molar-refractivity contribution is -0.128. The summed E-state index contributed by atoms with van der Waals surface area (Å²) in [7, 11) is 1.62. The van der Waals surface area contributed by atoms with E-state index in [-0.39, 0.29) is 18.4 Å². The Bertz CT molecular complexity index is 1100. The molecule has 0 bridgehead atoms. The number of carbonyl (C=O) groups is 2. The van der Waals surface area contributed by atoms with Crippen molar-refractivity contribution in [3.8, 4) is 5.75 Å². The Balaban J connectivity index is 1.48. The molecule has 1 saturated heterocycles. The molecule has 1 atom stereocenters. The predicted molar refractivity (Wildman–Crippen MR) is 120 cm³/mol. The van der Waals surface area contributed by atoms with Crippen LogP contribution in [0.2, 0.25) is 0 Å². The molecule has 1 aliphatic heterocycles. The first kappa shape index (κ1) is 22.5. The van der Waals surface area contributed by atoms with E-state index in [0.717, 1.165) is 5.56 Å². The van der Waals surface area contributed by atoms with Crippen LogP contribution < -0.4 is 10.1 Å². The third-order valence-corrected chi connectivity index (χ3v) is 5.78. The fourth-order valence-electron chi connectivity index (χ4n) is 3.89. The van der Waals surface area contributed by atoms with E-state index in [1.807, 2.05) is 36.4 Å². The summed E-state index contributed by atoms with van der Waals surface area (Å²) in [6, 6.07) is 16.7. The van der Waals surface area contributed by atoms with E-state index in [4.69, 9.17) is 9.37 Å². The van der Waals surface area contributed by atoms with Crippen LogP contribution in [0.3, 0.4) is 0 Å².